The smallest absolute Gasteiger partial charge is 0.224 e. The van der Waals surface area contributed by atoms with Crippen molar-refractivity contribution in [3.05, 3.63) is 24.3 Å². The van der Waals surface area contributed by atoms with E-state index in [4.69, 9.17) is 23.9 Å². The van der Waals surface area contributed by atoms with E-state index in [0.717, 1.165) is 5.23 Å². The Balaban J connectivity index is 1.57. The summed E-state index contributed by atoms with van der Waals surface area (Å²) in [6.07, 6.45) is -10.6. The molecule has 3 aliphatic heterocycles. The van der Waals surface area contributed by atoms with Crippen molar-refractivity contribution in [1.29, 1.82) is 0 Å². The van der Waals surface area contributed by atoms with Gasteiger partial charge in [0.15, 0.2) is 18.5 Å². The van der Waals surface area contributed by atoms with Crippen LogP contribution in [0.5, 0.6) is 0 Å². The number of fused-ring (bicyclic) bond motifs is 1. The largest absolute Gasteiger partial charge is 0.394 e. The van der Waals surface area contributed by atoms with Gasteiger partial charge in [-0.3, -0.25) is 4.79 Å². The van der Waals surface area contributed by atoms with Crippen molar-refractivity contribution >= 4 is 17.3 Å². The Hall–Kier alpha value is -1.95. The van der Waals surface area contributed by atoms with Crippen LogP contribution in [0.25, 0.3) is 0 Å². The lowest BCUT2D eigenvalue weighted by atomic mass is 9.99. The Morgan fingerprint density at radius 3 is 2.43 bits per heavy atom. The zero-order valence-corrected chi connectivity index (χ0v) is 18.8. The lowest BCUT2D eigenvalue weighted by molar-refractivity contribution is -0.375. The highest BCUT2D eigenvalue weighted by Gasteiger charge is 2.60. The molecule has 0 spiro atoms. The first-order valence-electron chi connectivity index (χ1n) is 11.2. The van der Waals surface area contributed by atoms with Gasteiger partial charge in [0.1, 0.15) is 37.1 Å². The lowest BCUT2D eigenvalue weighted by Crippen LogP contribution is -2.61. The van der Waals surface area contributed by atoms with Gasteiger partial charge in [0.05, 0.1) is 18.9 Å². The Bertz CT molecular complexity index is 892. The third-order valence-corrected chi connectivity index (χ3v) is 6.12. The molecule has 3 aliphatic rings. The number of nitrogens with one attached hydrogen (secondary N) is 1. The topological polar surface area (TPSA) is 200 Å². The van der Waals surface area contributed by atoms with Gasteiger partial charge in [-0.15, -0.1) is 5.23 Å². The molecule has 0 bridgehead atoms. The summed E-state index contributed by atoms with van der Waals surface area (Å²) in [5.74, 6) is -2.39. The summed E-state index contributed by atoms with van der Waals surface area (Å²) in [6.45, 7) is -0.489. The molecule has 3 saturated heterocycles. The standard InChI is InChI=1S/C21H30N2O12/c1-2-14(27)22-10-4-3-5-11(6-10)23-34-17-15(28)12(7-24)31-20(18(17)35-23)33-21(9-26)19(30)16(29)13(8-25)32-21/h3-6,12-13,15-20,24-26,28-30H,2,7-9H2,1H3,(H,22,27). The monoisotopic (exact) mass is 502 g/mol. The summed E-state index contributed by atoms with van der Waals surface area (Å²) < 4.78 is 16.8. The quantitative estimate of drug-likeness (QED) is 0.195. The summed E-state index contributed by atoms with van der Waals surface area (Å²) >= 11 is 0. The fourth-order valence-electron chi connectivity index (χ4n) is 4.15. The molecule has 0 saturated carbocycles. The molecule has 196 valence electrons. The predicted octanol–water partition coefficient (Wildman–Crippen LogP) is -2.65. The van der Waals surface area contributed by atoms with E-state index in [1.165, 1.54) is 0 Å². The van der Waals surface area contributed by atoms with Crippen LogP contribution in [-0.2, 0) is 28.7 Å². The molecule has 7 N–H and O–H groups in total. The molecular weight excluding hydrogens is 472 g/mol. The Kier molecular flexibility index (Phi) is 7.89. The number of hydrogen-bond acceptors (Lipinski definition) is 13. The van der Waals surface area contributed by atoms with E-state index in [0.29, 0.717) is 11.4 Å². The average Bonchev–Trinajstić information content (AvgIpc) is 3.42. The van der Waals surface area contributed by atoms with Gasteiger partial charge in [-0.25, -0.2) is 9.68 Å². The number of ether oxygens (including phenoxy) is 3. The maximum Gasteiger partial charge on any atom is 0.224 e. The zero-order valence-electron chi connectivity index (χ0n) is 18.8. The second kappa shape index (κ2) is 10.6. The van der Waals surface area contributed by atoms with Crippen LogP contribution < -0.4 is 10.5 Å². The molecule has 14 nitrogen and oxygen atoms in total. The van der Waals surface area contributed by atoms with Crippen LogP contribution in [0, 0.1) is 0 Å². The SMILES string of the molecule is CCC(=O)Nc1cccc(N2OC3C(OC4(CO)OC(CO)C(O)C4O)OC(CO)C(O)C3O2)c1. The van der Waals surface area contributed by atoms with Crippen LogP contribution in [-0.4, -0.2) is 111 Å². The summed E-state index contributed by atoms with van der Waals surface area (Å²) in [5.41, 5.74) is 0.824. The van der Waals surface area contributed by atoms with Crippen molar-refractivity contribution in [1.82, 2.24) is 0 Å². The first kappa shape index (κ1) is 26.1. The van der Waals surface area contributed by atoms with Crippen molar-refractivity contribution in [3.8, 4) is 0 Å². The first-order chi connectivity index (χ1) is 16.8. The van der Waals surface area contributed by atoms with Crippen LogP contribution >= 0.6 is 0 Å². The second-order valence-electron chi connectivity index (χ2n) is 8.43. The minimum atomic E-state index is -2.19. The maximum atomic E-state index is 11.7. The number of aliphatic hydroxyl groups is 6. The molecule has 9 atom stereocenters. The van der Waals surface area contributed by atoms with E-state index < -0.39 is 74.6 Å². The number of carbonyl (C=O) groups is 1. The molecule has 0 radical (unpaired) electrons. The van der Waals surface area contributed by atoms with Crippen molar-refractivity contribution in [2.75, 3.05) is 30.4 Å². The molecule has 9 unspecified atom stereocenters. The Labute approximate surface area is 200 Å². The minimum absolute atomic E-state index is 0.199. The van der Waals surface area contributed by atoms with Gasteiger partial charge in [-0.05, 0) is 18.2 Å². The number of rotatable bonds is 8. The number of amides is 1. The average molecular weight is 502 g/mol. The molecule has 1 aromatic carbocycles. The van der Waals surface area contributed by atoms with Crippen LogP contribution in [0.1, 0.15) is 13.3 Å². The number of carbonyl (C=O) groups excluding carboxylic acids is 1. The normalized spacial score (nSPS) is 39.0. The molecule has 35 heavy (non-hydrogen) atoms. The van der Waals surface area contributed by atoms with Gasteiger partial charge in [-0.1, -0.05) is 13.0 Å². The molecule has 14 heteroatoms. The highest BCUT2D eigenvalue weighted by atomic mass is 17.0. The van der Waals surface area contributed by atoms with Gasteiger partial charge in [0.2, 0.25) is 11.7 Å². The molecule has 4 rings (SSSR count). The molecule has 3 fully saturated rings. The molecule has 0 aliphatic carbocycles. The molecule has 1 aromatic rings. The summed E-state index contributed by atoms with van der Waals surface area (Å²) in [4.78, 5) is 23.3. The Morgan fingerprint density at radius 2 is 1.80 bits per heavy atom. The van der Waals surface area contributed by atoms with Crippen molar-refractivity contribution in [3.63, 3.8) is 0 Å². The fourth-order valence-corrected chi connectivity index (χ4v) is 4.15. The predicted molar refractivity (Wildman–Crippen MR) is 114 cm³/mol. The van der Waals surface area contributed by atoms with E-state index >= 15 is 0 Å². The van der Waals surface area contributed by atoms with Gasteiger partial charge < -0.3 is 50.2 Å². The van der Waals surface area contributed by atoms with Gasteiger partial charge in [-0.2, -0.15) is 0 Å². The van der Waals surface area contributed by atoms with Crippen molar-refractivity contribution < 1.29 is 59.3 Å². The van der Waals surface area contributed by atoms with Crippen LogP contribution in [0.4, 0.5) is 11.4 Å². The van der Waals surface area contributed by atoms with Crippen molar-refractivity contribution in [2.45, 2.75) is 68.1 Å². The van der Waals surface area contributed by atoms with E-state index in [9.17, 15) is 35.4 Å². The van der Waals surface area contributed by atoms with E-state index in [2.05, 4.69) is 5.32 Å². The van der Waals surface area contributed by atoms with E-state index in [1.54, 1.807) is 31.2 Å². The first-order valence-corrected chi connectivity index (χ1v) is 11.2. The van der Waals surface area contributed by atoms with Crippen molar-refractivity contribution in [2.24, 2.45) is 0 Å². The fraction of sp³-hybridized carbons (Fsp3) is 0.667. The summed E-state index contributed by atoms with van der Waals surface area (Å²) in [7, 11) is 0. The van der Waals surface area contributed by atoms with E-state index in [-0.39, 0.29) is 12.3 Å². The Morgan fingerprint density at radius 1 is 1.09 bits per heavy atom. The number of aliphatic hydroxyl groups excluding tert-OH is 6. The van der Waals surface area contributed by atoms with Gasteiger partial charge in [0.25, 0.3) is 0 Å². The summed E-state index contributed by atoms with van der Waals surface area (Å²) in [6, 6.07) is 6.50. The number of benzene rings is 1. The van der Waals surface area contributed by atoms with Crippen LogP contribution in [0.3, 0.4) is 0 Å². The maximum absolute atomic E-state index is 11.7. The molecule has 3 heterocycles. The lowest BCUT2D eigenvalue weighted by Gasteiger charge is -2.41. The molecule has 1 amide bonds. The molecule has 0 aromatic heterocycles. The zero-order chi connectivity index (χ0) is 25.3. The highest BCUT2D eigenvalue weighted by molar-refractivity contribution is 5.90. The van der Waals surface area contributed by atoms with Crippen LogP contribution in [0.15, 0.2) is 24.3 Å². The second-order valence-corrected chi connectivity index (χ2v) is 8.43. The minimum Gasteiger partial charge on any atom is -0.394 e. The van der Waals surface area contributed by atoms with Crippen LogP contribution in [0.2, 0.25) is 0 Å². The number of nitrogens with zero attached hydrogens (tertiary/aromatic N) is 1. The number of hydrogen-bond donors (Lipinski definition) is 7. The van der Waals surface area contributed by atoms with E-state index in [1.807, 2.05) is 0 Å². The summed E-state index contributed by atoms with van der Waals surface area (Å²) in [5, 5.41) is 64.0. The number of anilines is 2. The van der Waals surface area contributed by atoms with Gasteiger partial charge in [0, 0.05) is 12.1 Å². The highest BCUT2D eigenvalue weighted by Crippen LogP contribution is 2.40. The third-order valence-electron chi connectivity index (χ3n) is 6.12. The molecular formula is C21H30N2O12. The third kappa shape index (κ3) is 4.87. The van der Waals surface area contributed by atoms with Gasteiger partial charge >= 0.3 is 0 Å².